The van der Waals surface area contributed by atoms with Crippen LogP contribution in [-0.2, 0) is 6.54 Å². The van der Waals surface area contributed by atoms with Crippen LogP contribution in [0, 0.1) is 12.7 Å². The lowest BCUT2D eigenvalue weighted by atomic mass is 10.1. The highest BCUT2D eigenvalue weighted by Gasteiger charge is 2.05. The molecule has 0 aliphatic carbocycles. The van der Waals surface area contributed by atoms with Crippen LogP contribution in [0.4, 0.5) is 4.39 Å². The highest BCUT2D eigenvalue weighted by atomic mass is 19.1. The Balaban J connectivity index is 2.04. The molecule has 0 spiro atoms. The number of rotatable bonds is 2. The summed E-state index contributed by atoms with van der Waals surface area (Å²) in [7, 11) is 0. The summed E-state index contributed by atoms with van der Waals surface area (Å²) in [6.45, 7) is 2.00. The van der Waals surface area contributed by atoms with E-state index >= 15 is 0 Å². The van der Waals surface area contributed by atoms with E-state index in [1.54, 1.807) is 31.5 Å². The number of nitrogens with zero attached hydrogens (tertiary/aromatic N) is 3. The maximum atomic E-state index is 13.5. The van der Waals surface area contributed by atoms with Crippen LogP contribution >= 0.6 is 0 Å². The molecule has 4 nitrogen and oxygen atoms in total. The van der Waals surface area contributed by atoms with Crippen molar-refractivity contribution in [2.75, 3.05) is 0 Å². The van der Waals surface area contributed by atoms with Crippen LogP contribution in [0.2, 0.25) is 0 Å². The van der Waals surface area contributed by atoms with Gasteiger partial charge in [0.1, 0.15) is 5.82 Å². The van der Waals surface area contributed by atoms with Crippen LogP contribution in [0.1, 0.15) is 11.1 Å². The molecule has 0 fully saturated rings. The van der Waals surface area contributed by atoms with E-state index < -0.39 is 0 Å². The Kier molecular flexibility index (Phi) is 3.02. The van der Waals surface area contributed by atoms with Crippen LogP contribution in [0.3, 0.4) is 0 Å². The average Bonchev–Trinajstić information content (AvgIpc) is 2.46. The van der Waals surface area contributed by atoms with E-state index in [9.17, 15) is 9.18 Å². The minimum absolute atomic E-state index is 0.154. The Morgan fingerprint density at radius 3 is 2.95 bits per heavy atom. The van der Waals surface area contributed by atoms with Gasteiger partial charge in [0.05, 0.1) is 30.0 Å². The fourth-order valence-electron chi connectivity index (χ4n) is 2.05. The second-order valence-corrected chi connectivity index (χ2v) is 4.65. The second kappa shape index (κ2) is 4.85. The van der Waals surface area contributed by atoms with Crippen LogP contribution in [-0.4, -0.2) is 14.5 Å². The molecule has 100 valence electrons. The lowest BCUT2D eigenvalue weighted by molar-refractivity contribution is 0.613. The Bertz CT molecular complexity index is 842. The van der Waals surface area contributed by atoms with E-state index in [-0.39, 0.29) is 11.4 Å². The zero-order valence-corrected chi connectivity index (χ0v) is 10.9. The number of pyridine rings is 1. The van der Waals surface area contributed by atoms with Crippen LogP contribution in [0.15, 0.2) is 47.8 Å². The number of benzene rings is 1. The van der Waals surface area contributed by atoms with E-state index in [2.05, 4.69) is 9.97 Å². The molecule has 0 unspecified atom stereocenters. The topological polar surface area (TPSA) is 47.8 Å². The van der Waals surface area contributed by atoms with Crippen molar-refractivity contribution in [1.29, 1.82) is 0 Å². The smallest absolute Gasteiger partial charge is 0.261 e. The highest BCUT2D eigenvalue weighted by molar-refractivity contribution is 5.75. The summed E-state index contributed by atoms with van der Waals surface area (Å²) >= 11 is 0. The number of halogens is 1. The van der Waals surface area contributed by atoms with E-state index in [0.717, 1.165) is 5.56 Å². The fraction of sp³-hybridized carbons (Fsp3) is 0.133. The van der Waals surface area contributed by atoms with Gasteiger partial charge in [-0.15, -0.1) is 0 Å². The predicted molar refractivity (Wildman–Crippen MR) is 74.0 cm³/mol. The van der Waals surface area contributed by atoms with Crippen LogP contribution in [0.25, 0.3) is 10.9 Å². The standard InChI is InChI=1S/C15H12FN3O/c1-10-2-3-11(6-13(10)16)8-19-9-18-14-7-17-5-4-12(14)15(19)20/h2-7,9H,8H2,1H3. The third-order valence-electron chi connectivity index (χ3n) is 3.22. The summed E-state index contributed by atoms with van der Waals surface area (Å²) in [6.07, 6.45) is 4.57. The van der Waals surface area contributed by atoms with Crippen LogP contribution in [0.5, 0.6) is 0 Å². The lowest BCUT2D eigenvalue weighted by Crippen LogP contribution is -2.21. The summed E-state index contributed by atoms with van der Waals surface area (Å²) in [6, 6.07) is 6.59. The van der Waals surface area contributed by atoms with Crippen molar-refractivity contribution in [2.45, 2.75) is 13.5 Å². The van der Waals surface area contributed by atoms with Gasteiger partial charge in [-0.25, -0.2) is 9.37 Å². The third-order valence-corrected chi connectivity index (χ3v) is 3.22. The first-order chi connectivity index (χ1) is 9.65. The molecule has 0 aliphatic heterocycles. The minimum Gasteiger partial charge on any atom is -0.294 e. The SMILES string of the molecule is Cc1ccc(Cn2cnc3cnccc3c2=O)cc1F. The van der Waals surface area contributed by atoms with Crippen LogP contribution < -0.4 is 5.56 Å². The molecule has 0 N–H and O–H groups in total. The monoisotopic (exact) mass is 269 g/mol. The van der Waals surface area contributed by atoms with Gasteiger partial charge in [-0.05, 0) is 30.2 Å². The molecule has 3 aromatic rings. The number of aromatic nitrogens is 3. The molecule has 5 heteroatoms. The van der Waals surface area contributed by atoms with Crippen molar-refractivity contribution in [3.63, 3.8) is 0 Å². The van der Waals surface area contributed by atoms with Crippen molar-refractivity contribution >= 4 is 10.9 Å². The number of aryl methyl sites for hydroxylation is 1. The fourth-order valence-corrected chi connectivity index (χ4v) is 2.05. The van der Waals surface area contributed by atoms with E-state index in [0.29, 0.717) is 23.0 Å². The van der Waals surface area contributed by atoms with Crippen molar-refractivity contribution in [3.05, 3.63) is 70.3 Å². The molecule has 1 aromatic carbocycles. The van der Waals surface area contributed by atoms with Gasteiger partial charge < -0.3 is 0 Å². The van der Waals surface area contributed by atoms with Gasteiger partial charge in [-0.2, -0.15) is 0 Å². The molecule has 0 aliphatic rings. The second-order valence-electron chi connectivity index (χ2n) is 4.65. The van der Waals surface area contributed by atoms with Crippen molar-refractivity contribution in [2.24, 2.45) is 0 Å². The maximum absolute atomic E-state index is 13.5. The summed E-state index contributed by atoms with van der Waals surface area (Å²) in [4.78, 5) is 20.4. The van der Waals surface area contributed by atoms with Gasteiger partial charge in [0.25, 0.3) is 5.56 Å². The summed E-state index contributed by atoms with van der Waals surface area (Å²) in [5.74, 6) is -0.270. The minimum atomic E-state index is -0.270. The molecule has 0 amide bonds. The molecule has 0 saturated carbocycles. The molecule has 2 heterocycles. The zero-order chi connectivity index (χ0) is 14.1. The van der Waals surface area contributed by atoms with E-state index in [1.807, 2.05) is 6.07 Å². The van der Waals surface area contributed by atoms with Gasteiger partial charge in [-0.1, -0.05) is 12.1 Å². The van der Waals surface area contributed by atoms with Gasteiger partial charge in [0.15, 0.2) is 0 Å². The van der Waals surface area contributed by atoms with Gasteiger partial charge in [0.2, 0.25) is 0 Å². The third kappa shape index (κ3) is 2.18. The molecular formula is C15H12FN3O. The van der Waals surface area contributed by atoms with Crippen molar-refractivity contribution < 1.29 is 4.39 Å². The number of fused-ring (bicyclic) bond motifs is 1. The molecule has 2 aromatic heterocycles. The van der Waals surface area contributed by atoms with E-state index in [1.165, 1.54) is 17.0 Å². The summed E-state index contributed by atoms with van der Waals surface area (Å²) in [5, 5.41) is 0.509. The van der Waals surface area contributed by atoms with Crippen molar-refractivity contribution in [3.8, 4) is 0 Å². The normalized spacial score (nSPS) is 10.9. The number of hydrogen-bond donors (Lipinski definition) is 0. The van der Waals surface area contributed by atoms with Crippen molar-refractivity contribution in [1.82, 2.24) is 14.5 Å². The Labute approximate surface area is 114 Å². The summed E-state index contributed by atoms with van der Waals surface area (Å²) < 4.78 is 15.0. The quantitative estimate of drug-likeness (QED) is 0.717. The molecule has 0 saturated heterocycles. The van der Waals surface area contributed by atoms with Gasteiger partial charge in [-0.3, -0.25) is 14.3 Å². The Morgan fingerprint density at radius 2 is 2.15 bits per heavy atom. The molecule has 20 heavy (non-hydrogen) atoms. The Hall–Kier alpha value is -2.56. The zero-order valence-electron chi connectivity index (χ0n) is 10.9. The molecular weight excluding hydrogens is 257 g/mol. The largest absolute Gasteiger partial charge is 0.294 e. The summed E-state index contributed by atoms with van der Waals surface area (Å²) in [5.41, 5.74) is 1.72. The Morgan fingerprint density at radius 1 is 1.30 bits per heavy atom. The van der Waals surface area contributed by atoms with Gasteiger partial charge in [0, 0.05) is 6.20 Å². The molecule has 0 atom stereocenters. The van der Waals surface area contributed by atoms with Gasteiger partial charge >= 0.3 is 0 Å². The molecule has 0 bridgehead atoms. The first kappa shape index (κ1) is 12.5. The average molecular weight is 269 g/mol. The molecule has 0 radical (unpaired) electrons. The maximum Gasteiger partial charge on any atom is 0.261 e. The predicted octanol–water partition coefficient (Wildman–Crippen LogP) is 2.29. The lowest BCUT2D eigenvalue weighted by Gasteiger charge is -2.07. The first-order valence-electron chi connectivity index (χ1n) is 6.19. The van der Waals surface area contributed by atoms with E-state index in [4.69, 9.17) is 0 Å². The first-order valence-corrected chi connectivity index (χ1v) is 6.19. The highest BCUT2D eigenvalue weighted by Crippen LogP contribution is 2.10. The number of hydrogen-bond acceptors (Lipinski definition) is 3. The molecule has 3 rings (SSSR count).